The van der Waals surface area contributed by atoms with Crippen LogP contribution >= 0.6 is 24.0 Å². The molecule has 1 aliphatic heterocycles. The summed E-state index contributed by atoms with van der Waals surface area (Å²) >= 11 is 0. The Bertz CT molecular complexity index is 611. The summed E-state index contributed by atoms with van der Waals surface area (Å²) in [5, 5.41) is 6.64. The molecule has 31 heavy (non-hydrogen) atoms. The molecule has 1 aromatic rings. The number of hydrogen-bond acceptors (Lipinski definition) is 6. The molecule has 0 atom stereocenters. The highest BCUT2D eigenvalue weighted by atomic mass is 127. The van der Waals surface area contributed by atoms with Crippen molar-refractivity contribution in [2.45, 2.75) is 33.2 Å². The summed E-state index contributed by atoms with van der Waals surface area (Å²) in [7, 11) is 2.17. The van der Waals surface area contributed by atoms with Crippen LogP contribution in [-0.2, 0) is 16.0 Å². The third-order valence-electron chi connectivity index (χ3n) is 4.98. The minimum absolute atomic E-state index is 0. The second-order valence-electron chi connectivity index (χ2n) is 7.48. The third kappa shape index (κ3) is 11.3. The minimum atomic E-state index is 0. The van der Waals surface area contributed by atoms with Crippen molar-refractivity contribution >= 4 is 35.8 Å². The zero-order chi connectivity index (χ0) is 21.4. The fraction of sp³-hybridized carbons (Fsp3) is 0.727. The van der Waals surface area contributed by atoms with Crippen LogP contribution in [0.1, 0.15) is 32.3 Å². The molecule has 0 radical (unpaired) electrons. The molecule has 2 N–H and O–H groups in total. The fourth-order valence-electron chi connectivity index (χ4n) is 3.17. The Labute approximate surface area is 205 Å². The van der Waals surface area contributed by atoms with Crippen molar-refractivity contribution in [2.75, 3.05) is 77.6 Å². The Hall–Kier alpha value is -1.17. The summed E-state index contributed by atoms with van der Waals surface area (Å²) in [6, 6.07) is 4.11. The molecule has 1 saturated heterocycles. The lowest BCUT2D eigenvalue weighted by Gasteiger charge is -2.34. The van der Waals surface area contributed by atoms with Crippen molar-refractivity contribution < 1.29 is 9.47 Å². The first-order chi connectivity index (χ1) is 14.7. The molecule has 0 bridgehead atoms. The first-order valence-corrected chi connectivity index (χ1v) is 11.3. The number of halogens is 1. The van der Waals surface area contributed by atoms with Crippen LogP contribution in [0.3, 0.4) is 0 Å². The Balaban J connectivity index is 0.00000480. The van der Waals surface area contributed by atoms with E-state index in [1.807, 2.05) is 12.3 Å². The Morgan fingerprint density at radius 3 is 2.52 bits per heavy atom. The molecular weight excluding hydrogens is 507 g/mol. The number of nitrogens with one attached hydrogen (secondary N) is 2. The lowest BCUT2D eigenvalue weighted by molar-refractivity contribution is 0.0487. The molecule has 9 heteroatoms. The van der Waals surface area contributed by atoms with Gasteiger partial charge in [-0.1, -0.05) is 19.4 Å². The minimum Gasteiger partial charge on any atom is -0.379 e. The van der Waals surface area contributed by atoms with Crippen LogP contribution in [0, 0.1) is 0 Å². The number of anilines is 1. The third-order valence-corrected chi connectivity index (χ3v) is 4.98. The molecule has 0 aliphatic carbocycles. The summed E-state index contributed by atoms with van der Waals surface area (Å²) in [5.74, 6) is 1.85. The predicted octanol–water partition coefficient (Wildman–Crippen LogP) is 2.34. The highest BCUT2D eigenvalue weighted by molar-refractivity contribution is 14.0. The van der Waals surface area contributed by atoms with E-state index in [-0.39, 0.29) is 24.0 Å². The van der Waals surface area contributed by atoms with Gasteiger partial charge in [-0.3, -0.25) is 0 Å². The number of ether oxygens (including phenoxy) is 2. The maximum Gasteiger partial charge on any atom is 0.191 e. The van der Waals surface area contributed by atoms with E-state index in [1.165, 1.54) is 0 Å². The number of unbranched alkanes of at least 4 members (excludes halogenated alkanes) is 1. The zero-order valence-corrected chi connectivity index (χ0v) is 21.8. The molecule has 8 nitrogen and oxygen atoms in total. The fourth-order valence-corrected chi connectivity index (χ4v) is 3.17. The van der Waals surface area contributed by atoms with E-state index in [4.69, 9.17) is 14.5 Å². The van der Waals surface area contributed by atoms with Gasteiger partial charge in [-0.25, -0.2) is 9.98 Å². The van der Waals surface area contributed by atoms with Crippen molar-refractivity contribution in [1.29, 1.82) is 0 Å². The number of hydrogen-bond donors (Lipinski definition) is 2. The van der Waals surface area contributed by atoms with E-state index >= 15 is 0 Å². The molecule has 0 saturated carbocycles. The first kappa shape index (κ1) is 27.9. The lowest BCUT2D eigenvalue weighted by Crippen LogP contribution is -2.45. The van der Waals surface area contributed by atoms with Crippen molar-refractivity contribution in [3.8, 4) is 0 Å². The van der Waals surface area contributed by atoms with Gasteiger partial charge in [-0.05, 0) is 26.5 Å². The Morgan fingerprint density at radius 1 is 1.06 bits per heavy atom. The Morgan fingerprint density at radius 2 is 1.81 bits per heavy atom. The van der Waals surface area contributed by atoms with Gasteiger partial charge in [0.15, 0.2) is 5.96 Å². The summed E-state index contributed by atoms with van der Waals surface area (Å²) in [6.45, 7) is 13.2. The smallest absolute Gasteiger partial charge is 0.191 e. The number of rotatable bonds is 13. The van der Waals surface area contributed by atoms with Crippen molar-refractivity contribution in [2.24, 2.45) is 4.99 Å². The van der Waals surface area contributed by atoms with Gasteiger partial charge in [0.25, 0.3) is 0 Å². The predicted molar refractivity (Wildman–Crippen MR) is 139 cm³/mol. The highest BCUT2D eigenvalue weighted by Crippen LogP contribution is 2.19. The summed E-state index contributed by atoms with van der Waals surface area (Å²) in [4.78, 5) is 14.1. The molecular formula is C22H41IN6O2. The molecule has 1 aliphatic rings. The molecule has 2 heterocycles. The van der Waals surface area contributed by atoms with E-state index in [1.54, 1.807) is 0 Å². The average Bonchev–Trinajstić information content (AvgIpc) is 2.77. The van der Waals surface area contributed by atoms with E-state index in [0.717, 1.165) is 69.5 Å². The van der Waals surface area contributed by atoms with Crippen LogP contribution in [0.25, 0.3) is 0 Å². The molecule has 1 aromatic heterocycles. The topological polar surface area (TPSA) is 74.2 Å². The molecule has 0 unspecified atom stereocenters. The van der Waals surface area contributed by atoms with E-state index in [9.17, 15) is 0 Å². The first-order valence-electron chi connectivity index (χ1n) is 11.3. The summed E-state index contributed by atoms with van der Waals surface area (Å²) in [5.41, 5.74) is 1.15. The second kappa shape index (κ2) is 17.4. The molecule has 1 fully saturated rings. The van der Waals surface area contributed by atoms with Gasteiger partial charge in [0.1, 0.15) is 5.82 Å². The molecule has 0 spiro atoms. The van der Waals surface area contributed by atoms with Gasteiger partial charge in [-0.15, -0.1) is 24.0 Å². The van der Waals surface area contributed by atoms with Crippen LogP contribution in [0.4, 0.5) is 5.82 Å². The van der Waals surface area contributed by atoms with Gasteiger partial charge >= 0.3 is 0 Å². The van der Waals surface area contributed by atoms with E-state index < -0.39 is 0 Å². The van der Waals surface area contributed by atoms with Gasteiger partial charge in [0, 0.05) is 57.6 Å². The van der Waals surface area contributed by atoms with Crippen LogP contribution in [0.2, 0.25) is 0 Å². The molecule has 178 valence electrons. The summed E-state index contributed by atoms with van der Waals surface area (Å²) < 4.78 is 11.1. The van der Waals surface area contributed by atoms with Gasteiger partial charge in [-0.2, -0.15) is 0 Å². The summed E-state index contributed by atoms with van der Waals surface area (Å²) in [6.07, 6.45) is 4.14. The van der Waals surface area contributed by atoms with Crippen LogP contribution in [-0.4, -0.2) is 88.6 Å². The van der Waals surface area contributed by atoms with Crippen molar-refractivity contribution in [3.05, 3.63) is 23.9 Å². The monoisotopic (exact) mass is 548 g/mol. The van der Waals surface area contributed by atoms with Gasteiger partial charge < -0.3 is 29.9 Å². The van der Waals surface area contributed by atoms with E-state index in [0.29, 0.717) is 32.9 Å². The van der Waals surface area contributed by atoms with Crippen LogP contribution < -0.4 is 15.5 Å². The number of aliphatic imine (C=N–C) groups is 1. The van der Waals surface area contributed by atoms with Crippen LogP contribution in [0.15, 0.2) is 23.3 Å². The Kier molecular flexibility index (Phi) is 15.6. The van der Waals surface area contributed by atoms with Crippen molar-refractivity contribution in [3.63, 3.8) is 0 Å². The van der Waals surface area contributed by atoms with Crippen molar-refractivity contribution in [1.82, 2.24) is 20.5 Å². The highest BCUT2D eigenvalue weighted by Gasteiger charge is 2.17. The van der Waals surface area contributed by atoms with Gasteiger partial charge in [0.2, 0.25) is 0 Å². The van der Waals surface area contributed by atoms with Gasteiger partial charge in [0.05, 0.1) is 26.4 Å². The maximum absolute atomic E-state index is 5.62. The number of piperazine rings is 1. The lowest BCUT2D eigenvalue weighted by atomic mass is 10.2. The number of pyridine rings is 1. The number of likely N-dealkylation sites (N-methyl/N-ethyl adjacent to an activating group) is 1. The quantitative estimate of drug-likeness (QED) is 0.170. The molecule has 0 amide bonds. The van der Waals surface area contributed by atoms with Crippen LogP contribution in [0.5, 0.6) is 0 Å². The SMILES string of the molecule is CCCCOCCOCCNC(=NCc1cccnc1N1CCN(C)CC1)NCC.I. The maximum atomic E-state index is 5.62. The number of guanidine groups is 1. The number of nitrogens with zero attached hydrogens (tertiary/aromatic N) is 4. The second-order valence-corrected chi connectivity index (χ2v) is 7.48. The normalized spacial score (nSPS) is 14.9. The molecule has 2 rings (SSSR count). The zero-order valence-electron chi connectivity index (χ0n) is 19.4. The average molecular weight is 549 g/mol. The largest absolute Gasteiger partial charge is 0.379 e. The number of aromatic nitrogens is 1. The standard InChI is InChI=1S/C22H40N6O2.HI/c1-4-6-15-29-17-18-30-16-10-25-22(23-5-2)26-19-20-8-7-9-24-21(20)28-13-11-27(3)12-14-28;/h7-9H,4-6,10-19H2,1-3H3,(H2,23,25,26);1H. The van der Waals surface area contributed by atoms with E-state index in [2.05, 4.69) is 52.4 Å². The molecule has 0 aromatic carbocycles.